The highest BCUT2D eigenvalue weighted by Crippen LogP contribution is 1.91. The number of carbonyl (C=O) groups is 1. The van der Waals surface area contributed by atoms with Crippen molar-refractivity contribution in [2.75, 3.05) is 6.54 Å². The number of nitrogens with zero attached hydrogens (tertiary/aromatic N) is 1. The lowest BCUT2D eigenvalue weighted by Crippen LogP contribution is -2.23. The van der Waals surface area contributed by atoms with Crippen LogP contribution in [0.1, 0.15) is 19.8 Å². The molecule has 0 radical (unpaired) electrons. The van der Waals surface area contributed by atoms with Crippen LogP contribution in [0, 0.1) is 11.8 Å². The van der Waals surface area contributed by atoms with Gasteiger partial charge in [-0.05, 0) is 31.8 Å². The molecule has 0 fully saturated rings. The molecule has 1 aromatic rings. The van der Waals surface area contributed by atoms with Crippen molar-refractivity contribution in [2.45, 2.75) is 26.3 Å². The molecule has 0 atom stereocenters. The standard InChI is InChI=1S/C13H16N2O2/c1-2-7-12(16)14-9-4-6-11-15-10-5-3-8-13(15)17/h3,5,8,10H,4,6,9,11H2,1H3,(H,14,16). The highest BCUT2D eigenvalue weighted by Gasteiger charge is 1.96. The molecule has 1 rings (SSSR count). The predicted octanol–water partition coefficient (Wildman–Crippen LogP) is 0.768. The zero-order valence-corrected chi connectivity index (χ0v) is 9.90. The van der Waals surface area contributed by atoms with Gasteiger partial charge in [0.05, 0.1) is 0 Å². The van der Waals surface area contributed by atoms with Gasteiger partial charge >= 0.3 is 0 Å². The number of rotatable bonds is 5. The number of pyridine rings is 1. The Kier molecular flexibility index (Phi) is 5.59. The Labute approximate surface area is 101 Å². The van der Waals surface area contributed by atoms with Crippen LogP contribution in [0.5, 0.6) is 0 Å². The molecule has 0 saturated heterocycles. The molecule has 1 aromatic heterocycles. The lowest BCUT2D eigenvalue weighted by molar-refractivity contribution is -0.115. The number of aromatic nitrogens is 1. The molecule has 4 nitrogen and oxygen atoms in total. The van der Waals surface area contributed by atoms with Gasteiger partial charge in [0, 0.05) is 25.4 Å². The number of unbranched alkanes of at least 4 members (excludes halogenated alkanes) is 1. The lowest BCUT2D eigenvalue weighted by atomic mass is 10.3. The maximum Gasteiger partial charge on any atom is 0.295 e. The predicted molar refractivity (Wildman–Crippen MR) is 66.4 cm³/mol. The molecule has 1 amide bonds. The number of hydrogen-bond donors (Lipinski definition) is 1. The van der Waals surface area contributed by atoms with E-state index in [2.05, 4.69) is 17.2 Å². The molecule has 0 spiro atoms. The summed E-state index contributed by atoms with van der Waals surface area (Å²) in [6.45, 7) is 2.89. The maximum atomic E-state index is 11.4. The van der Waals surface area contributed by atoms with E-state index in [0.717, 1.165) is 12.8 Å². The average Bonchev–Trinajstić information content (AvgIpc) is 2.31. The topological polar surface area (TPSA) is 51.1 Å². The van der Waals surface area contributed by atoms with Crippen molar-refractivity contribution in [1.82, 2.24) is 9.88 Å². The van der Waals surface area contributed by atoms with E-state index in [1.807, 2.05) is 6.07 Å². The van der Waals surface area contributed by atoms with E-state index in [0.29, 0.717) is 13.1 Å². The molecule has 0 aromatic carbocycles. The van der Waals surface area contributed by atoms with Crippen LogP contribution in [0.4, 0.5) is 0 Å². The number of nitrogens with one attached hydrogen (secondary N) is 1. The third-order valence-electron chi connectivity index (χ3n) is 2.25. The first-order valence-electron chi connectivity index (χ1n) is 5.60. The Morgan fingerprint density at radius 1 is 1.41 bits per heavy atom. The molecule has 0 saturated carbocycles. The second-order valence-corrected chi connectivity index (χ2v) is 3.57. The first-order valence-corrected chi connectivity index (χ1v) is 5.60. The van der Waals surface area contributed by atoms with Crippen molar-refractivity contribution in [1.29, 1.82) is 0 Å². The summed E-state index contributed by atoms with van der Waals surface area (Å²) < 4.78 is 1.66. The molecule has 4 heteroatoms. The van der Waals surface area contributed by atoms with E-state index in [1.165, 1.54) is 0 Å². The molecule has 0 aliphatic heterocycles. The molecule has 0 aliphatic rings. The van der Waals surface area contributed by atoms with Gasteiger partial charge in [-0.2, -0.15) is 0 Å². The van der Waals surface area contributed by atoms with E-state index < -0.39 is 0 Å². The second-order valence-electron chi connectivity index (χ2n) is 3.57. The SMILES string of the molecule is CC#CC(=O)NCCCCn1ccccc1=O. The number of carbonyl (C=O) groups excluding carboxylic acids is 1. The van der Waals surface area contributed by atoms with Crippen LogP contribution < -0.4 is 10.9 Å². The molecule has 0 bridgehead atoms. The normalized spacial score (nSPS) is 9.24. The molecule has 1 N–H and O–H groups in total. The summed E-state index contributed by atoms with van der Waals surface area (Å²) in [6, 6.07) is 5.10. The van der Waals surface area contributed by atoms with Crippen LogP contribution in [-0.4, -0.2) is 17.0 Å². The number of aryl methyl sites for hydroxylation is 1. The Hall–Kier alpha value is -2.02. The third kappa shape index (κ3) is 5.03. The van der Waals surface area contributed by atoms with Crippen molar-refractivity contribution in [3.63, 3.8) is 0 Å². The third-order valence-corrected chi connectivity index (χ3v) is 2.25. The zero-order valence-electron chi connectivity index (χ0n) is 9.90. The van der Waals surface area contributed by atoms with Crippen molar-refractivity contribution in [2.24, 2.45) is 0 Å². The minimum absolute atomic E-state index is 0.00776. The van der Waals surface area contributed by atoms with E-state index in [-0.39, 0.29) is 11.5 Å². The van der Waals surface area contributed by atoms with Gasteiger partial charge in [0.2, 0.25) is 5.56 Å². The number of amides is 1. The van der Waals surface area contributed by atoms with E-state index in [1.54, 1.807) is 29.8 Å². The van der Waals surface area contributed by atoms with Crippen LogP contribution in [0.3, 0.4) is 0 Å². The summed E-state index contributed by atoms with van der Waals surface area (Å²) >= 11 is 0. The Bertz CT molecular complexity index is 480. The van der Waals surface area contributed by atoms with Gasteiger partial charge in [-0.25, -0.2) is 0 Å². The van der Waals surface area contributed by atoms with E-state index >= 15 is 0 Å². The fourth-order valence-corrected chi connectivity index (χ4v) is 1.41. The van der Waals surface area contributed by atoms with Gasteiger partial charge in [0.1, 0.15) is 0 Å². The maximum absolute atomic E-state index is 11.4. The Balaban J connectivity index is 2.20. The summed E-state index contributed by atoms with van der Waals surface area (Å²) in [6.07, 6.45) is 3.45. The second kappa shape index (κ2) is 7.29. The van der Waals surface area contributed by atoms with Crippen LogP contribution in [0.25, 0.3) is 0 Å². The molecule has 0 aliphatic carbocycles. The fourth-order valence-electron chi connectivity index (χ4n) is 1.41. The summed E-state index contributed by atoms with van der Waals surface area (Å²) in [7, 11) is 0. The first kappa shape index (κ1) is 13.0. The minimum atomic E-state index is -0.246. The average molecular weight is 232 g/mol. The van der Waals surface area contributed by atoms with Gasteiger partial charge in [-0.1, -0.05) is 12.0 Å². The smallest absolute Gasteiger partial charge is 0.295 e. The summed E-state index contributed by atoms with van der Waals surface area (Å²) in [5.41, 5.74) is 0.00776. The van der Waals surface area contributed by atoms with Gasteiger partial charge in [0.25, 0.3) is 5.91 Å². The molecular formula is C13H16N2O2. The molecule has 1 heterocycles. The van der Waals surface area contributed by atoms with Crippen molar-refractivity contribution >= 4 is 5.91 Å². The van der Waals surface area contributed by atoms with Crippen LogP contribution in [0.2, 0.25) is 0 Å². The van der Waals surface area contributed by atoms with Gasteiger partial charge in [-0.15, -0.1) is 0 Å². The summed E-state index contributed by atoms with van der Waals surface area (Å²) in [5, 5.41) is 2.68. The van der Waals surface area contributed by atoms with Crippen LogP contribution in [-0.2, 0) is 11.3 Å². The van der Waals surface area contributed by atoms with Gasteiger partial charge in [-0.3, -0.25) is 9.59 Å². The van der Waals surface area contributed by atoms with Crippen molar-refractivity contribution in [3.05, 3.63) is 34.7 Å². The number of hydrogen-bond acceptors (Lipinski definition) is 2. The minimum Gasteiger partial charge on any atom is -0.345 e. The molecule has 0 unspecified atom stereocenters. The zero-order chi connectivity index (χ0) is 12.5. The van der Waals surface area contributed by atoms with Gasteiger partial charge < -0.3 is 9.88 Å². The molecule has 90 valence electrons. The largest absolute Gasteiger partial charge is 0.345 e. The molecule has 17 heavy (non-hydrogen) atoms. The first-order chi connectivity index (χ1) is 8.24. The van der Waals surface area contributed by atoms with E-state index in [4.69, 9.17) is 0 Å². The summed E-state index contributed by atoms with van der Waals surface area (Å²) in [5.74, 6) is 4.70. The Morgan fingerprint density at radius 2 is 2.24 bits per heavy atom. The quantitative estimate of drug-likeness (QED) is 0.602. The van der Waals surface area contributed by atoms with E-state index in [9.17, 15) is 9.59 Å². The molecular weight excluding hydrogens is 216 g/mol. The Morgan fingerprint density at radius 3 is 2.94 bits per heavy atom. The highest BCUT2D eigenvalue weighted by molar-refractivity contribution is 5.93. The highest BCUT2D eigenvalue weighted by atomic mass is 16.1. The monoisotopic (exact) mass is 232 g/mol. The van der Waals surface area contributed by atoms with Crippen LogP contribution >= 0.6 is 0 Å². The lowest BCUT2D eigenvalue weighted by Gasteiger charge is -2.04. The van der Waals surface area contributed by atoms with Crippen LogP contribution in [0.15, 0.2) is 29.2 Å². The van der Waals surface area contributed by atoms with Crippen molar-refractivity contribution in [3.8, 4) is 11.8 Å². The van der Waals surface area contributed by atoms with Crippen molar-refractivity contribution < 1.29 is 4.79 Å². The van der Waals surface area contributed by atoms with Gasteiger partial charge in [0.15, 0.2) is 0 Å². The summed E-state index contributed by atoms with van der Waals surface area (Å²) in [4.78, 5) is 22.3. The fraction of sp³-hybridized carbons (Fsp3) is 0.385.